The van der Waals surface area contributed by atoms with Crippen LogP contribution in [0.3, 0.4) is 0 Å². The van der Waals surface area contributed by atoms with Crippen molar-refractivity contribution in [1.82, 2.24) is 4.90 Å². The highest BCUT2D eigenvalue weighted by Gasteiger charge is 2.29. The fraction of sp³-hybridized carbons (Fsp3) is 0.280. The summed E-state index contributed by atoms with van der Waals surface area (Å²) in [5, 5.41) is 5.70. The van der Waals surface area contributed by atoms with Gasteiger partial charge < -0.3 is 10.2 Å². The third-order valence-electron chi connectivity index (χ3n) is 5.75. The fourth-order valence-electron chi connectivity index (χ4n) is 4.10. The lowest BCUT2D eigenvalue weighted by atomic mass is 9.95. The second-order valence-electron chi connectivity index (χ2n) is 7.97. The molecule has 30 heavy (non-hydrogen) atoms. The van der Waals surface area contributed by atoms with Crippen LogP contribution in [0.15, 0.2) is 60.7 Å². The molecule has 1 saturated heterocycles. The molecule has 3 aromatic carbocycles. The van der Waals surface area contributed by atoms with Crippen molar-refractivity contribution in [2.75, 3.05) is 18.4 Å². The Morgan fingerprint density at radius 3 is 2.73 bits per heavy atom. The Labute approximate surface area is 181 Å². The van der Waals surface area contributed by atoms with Crippen molar-refractivity contribution in [3.8, 4) is 0 Å². The van der Waals surface area contributed by atoms with Crippen LogP contribution in [0.5, 0.6) is 0 Å². The Kier molecular flexibility index (Phi) is 6.05. The minimum atomic E-state index is -0.229. The minimum Gasteiger partial charge on any atom is -0.342 e. The Morgan fingerprint density at radius 1 is 1.10 bits per heavy atom. The molecule has 1 aliphatic heterocycles. The van der Waals surface area contributed by atoms with E-state index in [1.54, 1.807) is 0 Å². The number of aryl methyl sites for hydroxylation is 1. The molecule has 5 heteroatoms. The summed E-state index contributed by atoms with van der Waals surface area (Å²) in [7, 11) is 0. The van der Waals surface area contributed by atoms with Gasteiger partial charge in [-0.3, -0.25) is 9.59 Å². The van der Waals surface area contributed by atoms with E-state index in [1.165, 1.54) is 0 Å². The molecule has 1 fully saturated rings. The van der Waals surface area contributed by atoms with E-state index in [1.807, 2.05) is 54.3 Å². The number of halogens is 1. The molecule has 0 spiro atoms. The lowest BCUT2D eigenvalue weighted by molar-refractivity contribution is -0.133. The quantitative estimate of drug-likeness (QED) is 0.628. The first-order chi connectivity index (χ1) is 14.5. The fourth-order valence-corrected chi connectivity index (χ4v) is 4.38. The molecule has 0 bridgehead atoms. The predicted octanol–water partition coefficient (Wildman–Crippen LogP) is 5.22. The summed E-state index contributed by atoms with van der Waals surface area (Å²) in [6, 6.07) is 19.7. The SMILES string of the molecule is Cc1ccc(NC(=O)[C@@H]2CCCN(C(=O)Cc3cccc4ccccc34)C2)c(Cl)c1. The molecule has 0 radical (unpaired) electrons. The molecule has 154 valence electrons. The number of benzene rings is 3. The third-order valence-corrected chi connectivity index (χ3v) is 6.06. The highest BCUT2D eigenvalue weighted by Crippen LogP contribution is 2.26. The van der Waals surface area contributed by atoms with Gasteiger partial charge in [0.2, 0.25) is 11.8 Å². The summed E-state index contributed by atoms with van der Waals surface area (Å²) in [5.41, 5.74) is 2.68. The van der Waals surface area contributed by atoms with Crippen molar-refractivity contribution in [2.24, 2.45) is 5.92 Å². The lowest BCUT2D eigenvalue weighted by Gasteiger charge is -2.32. The molecular formula is C25H25ClN2O2. The average molecular weight is 421 g/mol. The van der Waals surface area contributed by atoms with E-state index < -0.39 is 0 Å². The largest absolute Gasteiger partial charge is 0.342 e. The van der Waals surface area contributed by atoms with Gasteiger partial charge in [-0.05, 0) is 53.8 Å². The van der Waals surface area contributed by atoms with Crippen molar-refractivity contribution in [2.45, 2.75) is 26.2 Å². The predicted molar refractivity (Wildman–Crippen MR) is 122 cm³/mol. The van der Waals surface area contributed by atoms with Crippen molar-refractivity contribution in [3.63, 3.8) is 0 Å². The van der Waals surface area contributed by atoms with Crippen molar-refractivity contribution < 1.29 is 9.59 Å². The maximum Gasteiger partial charge on any atom is 0.229 e. The maximum atomic E-state index is 13.0. The number of rotatable bonds is 4. The van der Waals surface area contributed by atoms with Crippen LogP contribution in [-0.4, -0.2) is 29.8 Å². The molecule has 4 nitrogen and oxygen atoms in total. The topological polar surface area (TPSA) is 49.4 Å². The molecule has 0 unspecified atom stereocenters. The molecule has 1 N–H and O–H groups in total. The van der Waals surface area contributed by atoms with E-state index in [-0.39, 0.29) is 17.7 Å². The summed E-state index contributed by atoms with van der Waals surface area (Å²) in [6.07, 6.45) is 1.94. The number of carbonyl (C=O) groups excluding carboxylic acids is 2. The number of amides is 2. The van der Waals surface area contributed by atoms with Crippen LogP contribution in [0.4, 0.5) is 5.69 Å². The van der Waals surface area contributed by atoms with Gasteiger partial charge in [-0.25, -0.2) is 0 Å². The standard InChI is InChI=1S/C25H25ClN2O2/c1-17-11-12-23(22(26)14-17)27-25(30)20-9-5-13-28(16-20)24(29)15-19-8-4-7-18-6-2-3-10-21(18)19/h2-4,6-8,10-12,14,20H,5,9,13,15-16H2,1H3,(H,27,30)/t20-/m1/s1. The van der Waals surface area contributed by atoms with Gasteiger partial charge >= 0.3 is 0 Å². The molecule has 2 amide bonds. The first kappa shape index (κ1) is 20.4. The van der Waals surface area contributed by atoms with Crippen molar-refractivity contribution in [1.29, 1.82) is 0 Å². The summed E-state index contributed by atoms with van der Waals surface area (Å²) < 4.78 is 0. The summed E-state index contributed by atoms with van der Waals surface area (Å²) in [6.45, 7) is 3.09. The molecule has 3 aromatic rings. The number of carbonyl (C=O) groups is 2. The second-order valence-corrected chi connectivity index (χ2v) is 8.37. The number of piperidine rings is 1. The minimum absolute atomic E-state index is 0.0669. The Morgan fingerprint density at radius 2 is 1.90 bits per heavy atom. The van der Waals surface area contributed by atoms with Crippen LogP contribution in [-0.2, 0) is 16.0 Å². The van der Waals surface area contributed by atoms with E-state index in [2.05, 4.69) is 23.5 Å². The van der Waals surface area contributed by atoms with E-state index in [0.717, 1.165) is 34.7 Å². The molecule has 1 aliphatic rings. The first-order valence-electron chi connectivity index (χ1n) is 10.3. The van der Waals surface area contributed by atoms with Gasteiger partial charge in [-0.2, -0.15) is 0 Å². The maximum absolute atomic E-state index is 13.0. The van der Waals surface area contributed by atoms with Crippen molar-refractivity contribution in [3.05, 3.63) is 76.8 Å². The number of fused-ring (bicyclic) bond motifs is 1. The summed E-state index contributed by atoms with van der Waals surface area (Å²) in [4.78, 5) is 27.6. The molecule has 1 atom stereocenters. The first-order valence-corrected chi connectivity index (χ1v) is 10.7. The summed E-state index contributed by atoms with van der Waals surface area (Å²) in [5.74, 6) is -0.242. The van der Waals surface area contributed by atoms with Gasteiger partial charge in [-0.1, -0.05) is 60.1 Å². The Hall–Kier alpha value is -2.85. The summed E-state index contributed by atoms with van der Waals surface area (Å²) >= 11 is 6.25. The van der Waals surface area contributed by atoms with E-state index in [4.69, 9.17) is 11.6 Å². The van der Waals surface area contributed by atoms with Crippen LogP contribution < -0.4 is 5.32 Å². The van der Waals surface area contributed by atoms with E-state index in [0.29, 0.717) is 30.2 Å². The number of hydrogen-bond acceptors (Lipinski definition) is 2. The zero-order valence-corrected chi connectivity index (χ0v) is 17.8. The molecule has 0 aliphatic carbocycles. The number of nitrogens with one attached hydrogen (secondary N) is 1. The van der Waals surface area contributed by atoms with Crippen LogP contribution >= 0.6 is 11.6 Å². The van der Waals surface area contributed by atoms with E-state index in [9.17, 15) is 9.59 Å². The molecule has 0 saturated carbocycles. The molecular weight excluding hydrogens is 396 g/mol. The van der Waals surface area contributed by atoms with Gasteiger partial charge in [0.05, 0.1) is 23.0 Å². The third kappa shape index (κ3) is 4.49. The lowest BCUT2D eigenvalue weighted by Crippen LogP contribution is -2.44. The smallest absolute Gasteiger partial charge is 0.229 e. The zero-order valence-electron chi connectivity index (χ0n) is 17.0. The molecule has 0 aromatic heterocycles. The van der Waals surface area contributed by atoms with Crippen molar-refractivity contribution >= 4 is 39.9 Å². The zero-order chi connectivity index (χ0) is 21.1. The Balaban J connectivity index is 1.43. The average Bonchev–Trinajstić information content (AvgIpc) is 2.76. The van der Waals surface area contributed by atoms with Crippen LogP contribution in [0, 0.1) is 12.8 Å². The van der Waals surface area contributed by atoms with Crippen LogP contribution in [0.1, 0.15) is 24.0 Å². The number of anilines is 1. The number of nitrogens with zero attached hydrogens (tertiary/aromatic N) is 1. The van der Waals surface area contributed by atoms with Gasteiger partial charge in [0, 0.05) is 13.1 Å². The number of likely N-dealkylation sites (tertiary alicyclic amines) is 1. The highest BCUT2D eigenvalue weighted by atomic mass is 35.5. The second kappa shape index (κ2) is 8.88. The number of hydrogen-bond donors (Lipinski definition) is 1. The Bertz CT molecular complexity index is 1090. The van der Waals surface area contributed by atoms with Gasteiger partial charge in [0.15, 0.2) is 0 Å². The van der Waals surface area contributed by atoms with Gasteiger partial charge in [0.25, 0.3) is 0 Å². The highest BCUT2D eigenvalue weighted by molar-refractivity contribution is 6.33. The van der Waals surface area contributed by atoms with Gasteiger partial charge in [-0.15, -0.1) is 0 Å². The van der Waals surface area contributed by atoms with Gasteiger partial charge in [0.1, 0.15) is 0 Å². The van der Waals surface area contributed by atoms with Crippen LogP contribution in [0.2, 0.25) is 5.02 Å². The molecule has 1 heterocycles. The molecule has 4 rings (SSSR count). The monoisotopic (exact) mass is 420 g/mol. The van der Waals surface area contributed by atoms with E-state index >= 15 is 0 Å². The van der Waals surface area contributed by atoms with Crippen LogP contribution in [0.25, 0.3) is 10.8 Å². The normalized spacial score (nSPS) is 16.5.